The van der Waals surface area contributed by atoms with Gasteiger partial charge in [0.15, 0.2) is 0 Å². The summed E-state index contributed by atoms with van der Waals surface area (Å²) in [5.74, 6) is -1.09. The number of anilines is 1. The van der Waals surface area contributed by atoms with Crippen LogP contribution in [0, 0.1) is 0 Å². The summed E-state index contributed by atoms with van der Waals surface area (Å²) in [5.41, 5.74) is 2.95. The third kappa shape index (κ3) is 2.60. The fourth-order valence-corrected chi connectivity index (χ4v) is 2.69. The lowest BCUT2D eigenvalue weighted by Crippen LogP contribution is -2.30. The molecule has 0 atom stereocenters. The number of carbonyl (C=O) groups excluding carboxylic acids is 3. The number of rotatable bonds is 2. The number of hydrogen-bond acceptors (Lipinski definition) is 4. The quantitative estimate of drug-likeness (QED) is 0.630. The molecule has 120 valence electrons. The van der Waals surface area contributed by atoms with Crippen molar-refractivity contribution in [2.24, 2.45) is 0 Å². The maximum atomic E-state index is 12.6. The van der Waals surface area contributed by atoms with Gasteiger partial charge in [-0.2, -0.15) is 0 Å². The van der Waals surface area contributed by atoms with Crippen LogP contribution in [0.5, 0.6) is 0 Å². The number of esters is 1. The summed E-state index contributed by atoms with van der Waals surface area (Å²) >= 11 is 0. The number of ether oxygens (including phenoxy) is 1. The van der Waals surface area contributed by atoms with Gasteiger partial charge in [-0.25, -0.2) is 9.69 Å². The number of hydrogen-bond donors (Lipinski definition) is 0. The first kappa shape index (κ1) is 15.7. The largest absolute Gasteiger partial charge is 0.465 e. The average Bonchev–Trinajstić information content (AvgIpc) is 2.87. The van der Waals surface area contributed by atoms with Gasteiger partial charge in [-0.15, -0.1) is 0 Å². The Labute approximate surface area is 139 Å². The van der Waals surface area contributed by atoms with E-state index in [1.807, 2.05) is 12.1 Å². The Hall–Kier alpha value is -3.21. The summed E-state index contributed by atoms with van der Waals surface area (Å²) in [5, 5.41) is 0. The first-order chi connectivity index (χ1) is 11.5. The van der Waals surface area contributed by atoms with E-state index in [0.29, 0.717) is 16.8 Å². The fraction of sp³-hybridized carbons (Fsp3) is 0.105. The van der Waals surface area contributed by atoms with Crippen molar-refractivity contribution in [3.63, 3.8) is 0 Å². The van der Waals surface area contributed by atoms with Gasteiger partial charge in [0, 0.05) is 12.5 Å². The summed E-state index contributed by atoms with van der Waals surface area (Å²) in [6, 6.07) is 13.9. The molecule has 0 radical (unpaired) electrons. The van der Waals surface area contributed by atoms with Crippen LogP contribution in [0.2, 0.25) is 0 Å². The highest BCUT2D eigenvalue weighted by molar-refractivity contribution is 6.41. The molecule has 0 N–H and O–H groups in total. The topological polar surface area (TPSA) is 63.7 Å². The van der Waals surface area contributed by atoms with Gasteiger partial charge in [0.2, 0.25) is 5.91 Å². The summed E-state index contributed by atoms with van der Waals surface area (Å²) in [6.07, 6.45) is 1.71. The zero-order valence-electron chi connectivity index (χ0n) is 13.3. The highest BCUT2D eigenvalue weighted by Gasteiger charge is 2.34. The third-order valence-corrected chi connectivity index (χ3v) is 3.83. The minimum atomic E-state index is -0.417. The normalized spacial score (nSPS) is 14.7. The number of imide groups is 1. The fourth-order valence-electron chi connectivity index (χ4n) is 2.69. The zero-order valence-corrected chi connectivity index (χ0v) is 13.3. The van der Waals surface area contributed by atoms with Crippen LogP contribution in [0.25, 0.3) is 11.6 Å². The van der Waals surface area contributed by atoms with Gasteiger partial charge in [0.25, 0.3) is 5.91 Å². The molecule has 0 aliphatic carbocycles. The summed E-state index contributed by atoms with van der Waals surface area (Å²) in [4.78, 5) is 37.0. The Morgan fingerprint density at radius 2 is 1.71 bits per heavy atom. The molecule has 5 heteroatoms. The van der Waals surface area contributed by atoms with Crippen LogP contribution in [0.4, 0.5) is 5.69 Å². The van der Waals surface area contributed by atoms with E-state index in [2.05, 4.69) is 4.74 Å². The monoisotopic (exact) mass is 321 g/mol. The first-order valence-electron chi connectivity index (χ1n) is 7.37. The van der Waals surface area contributed by atoms with Crippen molar-refractivity contribution in [2.45, 2.75) is 6.92 Å². The van der Waals surface area contributed by atoms with Crippen LogP contribution in [0.3, 0.4) is 0 Å². The van der Waals surface area contributed by atoms with Gasteiger partial charge in [-0.05, 0) is 29.8 Å². The van der Waals surface area contributed by atoms with Gasteiger partial charge in [0.1, 0.15) is 0 Å². The summed E-state index contributed by atoms with van der Waals surface area (Å²) in [6.45, 7) is 1.36. The lowest BCUT2D eigenvalue weighted by atomic mass is 10.0. The minimum absolute atomic E-state index is 0.322. The highest BCUT2D eigenvalue weighted by Crippen LogP contribution is 2.37. The summed E-state index contributed by atoms with van der Waals surface area (Å²) in [7, 11) is 1.32. The molecule has 2 amide bonds. The van der Waals surface area contributed by atoms with Crippen molar-refractivity contribution < 1.29 is 19.1 Å². The second-order valence-corrected chi connectivity index (χ2v) is 5.35. The van der Waals surface area contributed by atoms with E-state index in [0.717, 1.165) is 11.1 Å². The Kier molecular flexibility index (Phi) is 4.00. The SMILES string of the molecule is COC(=O)c1ccc(/C=C2/C(=O)N(C(C)=O)c3ccccc32)cc1. The van der Waals surface area contributed by atoms with Gasteiger partial charge >= 0.3 is 5.97 Å². The maximum Gasteiger partial charge on any atom is 0.337 e. The van der Waals surface area contributed by atoms with E-state index in [9.17, 15) is 14.4 Å². The Morgan fingerprint density at radius 3 is 2.33 bits per heavy atom. The second-order valence-electron chi connectivity index (χ2n) is 5.35. The molecule has 0 aromatic heterocycles. The smallest absolute Gasteiger partial charge is 0.337 e. The molecule has 1 aliphatic heterocycles. The van der Waals surface area contributed by atoms with E-state index in [4.69, 9.17) is 0 Å². The molecule has 0 saturated heterocycles. The van der Waals surface area contributed by atoms with Crippen LogP contribution < -0.4 is 4.90 Å². The lowest BCUT2D eigenvalue weighted by molar-refractivity contribution is -0.122. The average molecular weight is 321 g/mol. The van der Waals surface area contributed by atoms with Crippen LogP contribution in [0.1, 0.15) is 28.4 Å². The molecule has 0 spiro atoms. The molecule has 3 rings (SSSR count). The standard InChI is InChI=1S/C19H15NO4/c1-12(21)20-17-6-4-3-5-15(17)16(18(20)22)11-13-7-9-14(10-8-13)19(23)24-2/h3-11H,1-2H3/b16-11+. The number of carbonyl (C=O) groups is 3. The predicted octanol–water partition coefficient (Wildman–Crippen LogP) is 2.91. The van der Waals surface area contributed by atoms with Crippen molar-refractivity contribution in [3.05, 3.63) is 65.2 Å². The van der Waals surface area contributed by atoms with E-state index >= 15 is 0 Å². The van der Waals surface area contributed by atoms with Gasteiger partial charge in [0.05, 0.1) is 23.9 Å². The van der Waals surface area contributed by atoms with Gasteiger partial charge < -0.3 is 4.74 Å². The molecular weight excluding hydrogens is 306 g/mol. The van der Waals surface area contributed by atoms with Gasteiger partial charge in [-0.3, -0.25) is 9.59 Å². The molecule has 1 aliphatic rings. The van der Waals surface area contributed by atoms with Crippen LogP contribution >= 0.6 is 0 Å². The number of para-hydroxylation sites is 1. The predicted molar refractivity (Wildman–Crippen MR) is 90.3 cm³/mol. The van der Waals surface area contributed by atoms with E-state index in [1.165, 1.54) is 18.9 Å². The molecule has 24 heavy (non-hydrogen) atoms. The molecule has 2 aromatic rings. The van der Waals surface area contributed by atoms with Crippen LogP contribution in [-0.4, -0.2) is 24.9 Å². The van der Waals surface area contributed by atoms with Crippen molar-refractivity contribution >= 4 is 35.1 Å². The van der Waals surface area contributed by atoms with Crippen molar-refractivity contribution in [1.29, 1.82) is 0 Å². The molecule has 0 fully saturated rings. The van der Waals surface area contributed by atoms with Crippen LogP contribution in [0.15, 0.2) is 48.5 Å². The van der Waals surface area contributed by atoms with Crippen LogP contribution in [-0.2, 0) is 14.3 Å². The Morgan fingerprint density at radius 1 is 1.04 bits per heavy atom. The molecule has 0 bridgehead atoms. The second kappa shape index (κ2) is 6.12. The number of benzene rings is 2. The maximum absolute atomic E-state index is 12.6. The van der Waals surface area contributed by atoms with E-state index < -0.39 is 5.97 Å². The minimum Gasteiger partial charge on any atom is -0.465 e. The summed E-state index contributed by atoms with van der Waals surface area (Å²) < 4.78 is 4.66. The van der Waals surface area contributed by atoms with Crippen molar-refractivity contribution in [1.82, 2.24) is 0 Å². The molecule has 5 nitrogen and oxygen atoms in total. The molecule has 1 heterocycles. The highest BCUT2D eigenvalue weighted by atomic mass is 16.5. The first-order valence-corrected chi connectivity index (χ1v) is 7.37. The number of methoxy groups -OCH3 is 1. The number of nitrogens with zero attached hydrogens (tertiary/aromatic N) is 1. The van der Waals surface area contributed by atoms with E-state index in [1.54, 1.807) is 42.5 Å². The van der Waals surface area contributed by atoms with Crippen molar-refractivity contribution in [2.75, 3.05) is 12.0 Å². The molecule has 0 unspecified atom stereocenters. The zero-order chi connectivity index (χ0) is 17.3. The third-order valence-electron chi connectivity index (χ3n) is 3.83. The molecule has 0 saturated carbocycles. The molecule has 2 aromatic carbocycles. The van der Waals surface area contributed by atoms with Gasteiger partial charge in [-0.1, -0.05) is 30.3 Å². The van der Waals surface area contributed by atoms with Crippen molar-refractivity contribution in [3.8, 4) is 0 Å². The molecular formula is C19H15NO4. The number of fused-ring (bicyclic) bond motifs is 1. The van der Waals surface area contributed by atoms with E-state index in [-0.39, 0.29) is 11.8 Å². The number of amides is 2. The lowest BCUT2D eigenvalue weighted by Gasteiger charge is -2.11. The Balaban J connectivity index is 2.03. The Bertz CT molecular complexity index is 865.